The van der Waals surface area contributed by atoms with E-state index >= 15 is 0 Å². The second-order valence-corrected chi connectivity index (χ2v) is 9.10. The van der Waals surface area contributed by atoms with Gasteiger partial charge in [0, 0.05) is 50.2 Å². The first-order chi connectivity index (χ1) is 17.1. The molecule has 0 amide bonds. The summed E-state index contributed by atoms with van der Waals surface area (Å²) in [7, 11) is 3.50. The molecular weight excluding hydrogens is 467 g/mol. The zero-order valence-corrected chi connectivity index (χ0v) is 20.2. The Kier molecular flexibility index (Phi) is 5.82. The van der Waals surface area contributed by atoms with Crippen LogP contribution in [0.2, 0.25) is 0 Å². The van der Waals surface area contributed by atoms with Crippen LogP contribution in [0.3, 0.4) is 0 Å². The molecule has 36 heavy (non-hydrogen) atoms. The Morgan fingerprint density at radius 2 is 1.67 bits per heavy atom. The van der Waals surface area contributed by atoms with Crippen molar-refractivity contribution in [2.75, 3.05) is 0 Å². The third-order valence-electron chi connectivity index (χ3n) is 6.11. The van der Waals surface area contributed by atoms with E-state index in [1.54, 1.807) is 31.6 Å². The maximum Gasteiger partial charge on any atom is 0.434 e. The van der Waals surface area contributed by atoms with E-state index in [1.165, 1.54) is 10.9 Å². The first-order valence-electron chi connectivity index (χ1n) is 11.4. The highest BCUT2D eigenvalue weighted by Gasteiger charge is 2.34. The molecule has 4 aromatic heterocycles. The summed E-state index contributed by atoms with van der Waals surface area (Å²) < 4.78 is 42.5. The number of halogens is 3. The van der Waals surface area contributed by atoms with E-state index in [1.807, 2.05) is 29.9 Å². The van der Waals surface area contributed by atoms with Crippen molar-refractivity contribution in [3.8, 4) is 22.8 Å². The van der Waals surface area contributed by atoms with E-state index in [0.29, 0.717) is 17.8 Å². The van der Waals surface area contributed by atoms with Gasteiger partial charge < -0.3 is 9.13 Å². The molecule has 0 aliphatic heterocycles. The predicted molar refractivity (Wildman–Crippen MR) is 130 cm³/mol. The van der Waals surface area contributed by atoms with Gasteiger partial charge in [-0.05, 0) is 11.5 Å². The summed E-state index contributed by atoms with van der Waals surface area (Å²) in [5.74, 6) is 1.04. The number of hydrogen-bond acceptors (Lipinski definition) is 5. The van der Waals surface area contributed by atoms with Crippen LogP contribution in [0.15, 0.2) is 55.4 Å². The van der Waals surface area contributed by atoms with Crippen molar-refractivity contribution >= 4 is 11.0 Å². The smallest absolute Gasteiger partial charge is 0.348 e. The molecule has 0 saturated carbocycles. The van der Waals surface area contributed by atoms with Crippen LogP contribution in [0.1, 0.15) is 42.3 Å². The summed E-state index contributed by atoms with van der Waals surface area (Å²) in [6.45, 7) is 4.13. The fourth-order valence-electron chi connectivity index (χ4n) is 4.33. The van der Waals surface area contributed by atoms with E-state index in [9.17, 15) is 13.2 Å². The van der Waals surface area contributed by atoms with Gasteiger partial charge in [0.25, 0.3) is 0 Å². The summed E-state index contributed by atoms with van der Waals surface area (Å²) in [6, 6.07) is 7.39. The van der Waals surface area contributed by atoms with Gasteiger partial charge in [0.1, 0.15) is 12.2 Å². The average Bonchev–Trinajstić information content (AvgIpc) is 3.39. The molecule has 0 fully saturated rings. The topological polar surface area (TPSA) is 74.3 Å². The van der Waals surface area contributed by atoms with Gasteiger partial charge in [0.05, 0.1) is 28.5 Å². The van der Waals surface area contributed by atoms with Gasteiger partial charge >= 0.3 is 6.18 Å². The van der Waals surface area contributed by atoms with Crippen molar-refractivity contribution in [2.45, 2.75) is 32.4 Å². The van der Waals surface area contributed by atoms with Gasteiger partial charge in [-0.2, -0.15) is 13.2 Å². The quantitative estimate of drug-likeness (QED) is 0.322. The number of imidazole rings is 1. The lowest BCUT2D eigenvalue weighted by Crippen LogP contribution is -2.04. The number of aryl methyl sites for hydroxylation is 2. The van der Waals surface area contributed by atoms with Crippen molar-refractivity contribution in [3.05, 3.63) is 77.9 Å². The van der Waals surface area contributed by atoms with Crippen LogP contribution < -0.4 is 0 Å². The number of benzene rings is 1. The van der Waals surface area contributed by atoms with Gasteiger partial charge in [-0.25, -0.2) is 24.9 Å². The minimum absolute atomic E-state index is 0.196. The van der Waals surface area contributed by atoms with Gasteiger partial charge in [0.15, 0.2) is 11.5 Å². The molecule has 5 rings (SSSR count). The third kappa shape index (κ3) is 4.34. The number of rotatable bonds is 5. The lowest BCUT2D eigenvalue weighted by Gasteiger charge is -2.10. The molecule has 0 bridgehead atoms. The van der Waals surface area contributed by atoms with Gasteiger partial charge in [-0.15, -0.1) is 0 Å². The van der Waals surface area contributed by atoms with Crippen LogP contribution in [0, 0.1) is 0 Å². The molecule has 0 radical (unpaired) electrons. The molecule has 184 valence electrons. The van der Waals surface area contributed by atoms with Crippen molar-refractivity contribution < 1.29 is 13.2 Å². The number of alkyl halides is 3. The van der Waals surface area contributed by atoms with Crippen LogP contribution >= 0.6 is 0 Å². The Labute approximate surface area is 205 Å². The van der Waals surface area contributed by atoms with E-state index in [-0.39, 0.29) is 11.7 Å². The first-order valence-corrected chi connectivity index (χ1v) is 11.4. The molecule has 0 aliphatic rings. The standard InChI is InChI=1S/C26H24F3N7/c1-15(2)22-19(10-30-14-32-22)24-31-11-20-23(34-24)18(12-35(20)3)9-16-5-7-17(8-6-16)25-33-21(13-36(25)4)26(27,28)29/h5-8,10-15H,9H2,1-4H3. The van der Waals surface area contributed by atoms with Gasteiger partial charge in [-0.1, -0.05) is 38.1 Å². The molecule has 1 aromatic carbocycles. The SMILES string of the molecule is CC(C)c1ncncc1-c1ncc2c(n1)c(Cc1ccc(-c3nc(C(F)(F)F)cn3C)cc1)cn2C. The summed E-state index contributed by atoms with van der Waals surface area (Å²) in [5, 5.41) is 0. The number of nitrogens with zero attached hydrogens (tertiary/aromatic N) is 7. The van der Waals surface area contributed by atoms with Crippen molar-refractivity contribution in [2.24, 2.45) is 14.1 Å². The fraction of sp³-hybridized carbons (Fsp3) is 0.269. The predicted octanol–water partition coefficient (Wildman–Crippen LogP) is 5.56. The maximum atomic E-state index is 13.0. The normalized spacial score (nSPS) is 12.1. The van der Waals surface area contributed by atoms with Crippen molar-refractivity contribution in [1.82, 2.24) is 34.1 Å². The Balaban J connectivity index is 1.47. The lowest BCUT2D eigenvalue weighted by molar-refractivity contribution is -0.140. The molecule has 0 unspecified atom stereocenters. The zero-order chi connectivity index (χ0) is 25.6. The third-order valence-corrected chi connectivity index (χ3v) is 6.11. The lowest BCUT2D eigenvalue weighted by atomic mass is 10.0. The largest absolute Gasteiger partial charge is 0.434 e. The molecule has 7 nitrogen and oxygen atoms in total. The molecule has 4 heterocycles. The molecule has 5 aromatic rings. The van der Waals surface area contributed by atoms with E-state index < -0.39 is 11.9 Å². The van der Waals surface area contributed by atoms with Crippen LogP contribution in [0.4, 0.5) is 13.2 Å². The van der Waals surface area contributed by atoms with Crippen LogP contribution in [0.25, 0.3) is 33.8 Å². The van der Waals surface area contributed by atoms with Crippen molar-refractivity contribution in [1.29, 1.82) is 0 Å². The summed E-state index contributed by atoms with van der Waals surface area (Å²) in [6.07, 6.45) is 4.23. The van der Waals surface area contributed by atoms with Crippen LogP contribution in [0.5, 0.6) is 0 Å². The molecule has 0 aliphatic carbocycles. The second kappa shape index (κ2) is 8.85. The number of aromatic nitrogens is 7. The molecule has 10 heteroatoms. The monoisotopic (exact) mass is 491 g/mol. The highest BCUT2D eigenvalue weighted by Crippen LogP contribution is 2.31. The molecule has 0 saturated heterocycles. The maximum absolute atomic E-state index is 13.0. The van der Waals surface area contributed by atoms with Crippen molar-refractivity contribution in [3.63, 3.8) is 0 Å². The van der Waals surface area contributed by atoms with Crippen LogP contribution in [-0.2, 0) is 26.7 Å². The zero-order valence-electron chi connectivity index (χ0n) is 20.2. The van der Waals surface area contributed by atoms with Gasteiger partial charge in [-0.3, -0.25) is 0 Å². The van der Waals surface area contributed by atoms with E-state index in [2.05, 4.69) is 33.8 Å². The summed E-state index contributed by atoms with van der Waals surface area (Å²) in [5.41, 5.74) is 5.17. The molecule has 0 atom stereocenters. The Morgan fingerprint density at radius 3 is 2.33 bits per heavy atom. The minimum atomic E-state index is -4.48. The highest BCUT2D eigenvalue weighted by molar-refractivity contribution is 5.81. The summed E-state index contributed by atoms with van der Waals surface area (Å²) in [4.78, 5) is 21.8. The minimum Gasteiger partial charge on any atom is -0.348 e. The second-order valence-electron chi connectivity index (χ2n) is 9.10. The highest BCUT2D eigenvalue weighted by atomic mass is 19.4. The first kappa shape index (κ1) is 23.7. The fourth-order valence-corrected chi connectivity index (χ4v) is 4.33. The molecule has 0 spiro atoms. The Bertz CT molecular complexity index is 1550. The summed E-state index contributed by atoms with van der Waals surface area (Å²) >= 11 is 0. The Hall–Kier alpha value is -4.08. The Morgan fingerprint density at radius 1 is 0.917 bits per heavy atom. The van der Waals surface area contributed by atoms with Crippen LogP contribution in [-0.4, -0.2) is 34.1 Å². The number of hydrogen-bond donors (Lipinski definition) is 0. The molecular formula is C26H24F3N7. The number of fused-ring (bicyclic) bond motifs is 1. The average molecular weight is 492 g/mol. The molecule has 0 N–H and O–H groups in total. The van der Waals surface area contributed by atoms with E-state index in [0.717, 1.165) is 39.6 Å². The van der Waals surface area contributed by atoms with E-state index in [4.69, 9.17) is 4.98 Å². The van der Waals surface area contributed by atoms with Gasteiger partial charge in [0.2, 0.25) is 0 Å².